The van der Waals surface area contributed by atoms with Gasteiger partial charge in [0.15, 0.2) is 0 Å². The highest BCUT2D eigenvalue weighted by molar-refractivity contribution is 7.07. The minimum Gasteiger partial charge on any atom is -0.383 e. The Kier molecular flexibility index (Phi) is 3.90. The van der Waals surface area contributed by atoms with E-state index >= 15 is 0 Å². The Balaban J connectivity index is 2.33. The van der Waals surface area contributed by atoms with Crippen LogP contribution in [0.5, 0.6) is 0 Å². The summed E-state index contributed by atoms with van der Waals surface area (Å²) in [6.45, 7) is 2.65. The Morgan fingerprint density at radius 1 is 1.62 bits per heavy atom. The molecular formula is C10H17NOS. The van der Waals surface area contributed by atoms with Gasteiger partial charge in [0.2, 0.25) is 0 Å². The third-order valence-electron chi connectivity index (χ3n) is 2.04. The lowest BCUT2D eigenvalue weighted by molar-refractivity contribution is 0.136. The molecule has 1 rings (SSSR count). The highest BCUT2D eigenvalue weighted by atomic mass is 32.1. The topological polar surface area (TPSA) is 35.2 Å². The van der Waals surface area contributed by atoms with Crippen LogP contribution in [0.2, 0.25) is 0 Å². The number of thiophene rings is 1. The number of hydrogen-bond acceptors (Lipinski definition) is 3. The fourth-order valence-corrected chi connectivity index (χ4v) is 1.97. The lowest BCUT2D eigenvalue weighted by Crippen LogP contribution is -2.41. The van der Waals surface area contributed by atoms with Crippen molar-refractivity contribution in [2.24, 2.45) is 5.73 Å². The summed E-state index contributed by atoms with van der Waals surface area (Å²) in [7, 11) is 1.69. The van der Waals surface area contributed by atoms with Gasteiger partial charge in [0, 0.05) is 12.6 Å². The van der Waals surface area contributed by atoms with Gasteiger partial charge in [-0.25, -0.2) is 0 Å². The first-order chi connectivity index (χ1) is 6.14. The summed E-state index contributed by atoms with van der Waals surface area (Å²) in [6, 6.07) is 2.15. The van der Waals surface area contributed by atoms with Crippen molar-refractivity contribution in [2.45, 2.75) is 25.3 Å². The molecule has 0 fully saturated rings. The Bertz CT molecular complexity index is 231. The van der Waals surface area contributed by atoms with Gasteiger partial charge in [-0.15, -0.1) is 0 Å². The zero-order valence-corrected chi connectivity index (χ0v) is 9.06. The first-order valence-corrected chi connectivity index (χ1v) is 5.37. The van der Waals surface area contributed by atoms with Gasteiger partial charge in [0.1, 0.15) is 0 Å². The van der Waals surface area contributed by atoms with E-state index in [-0.39, 0.29) is 5.54 Å². The summed E-state index contributed by atoms with van der Waals surface area (Å²) in [4.78, 5) is 0. The highest BCUT2D eigenvalue weighted by Crippen LogP contribution is 2.14. The van der Waals surface area contributed by atoms with E-state index in [9.17, 15) is 0 Å². The monoisotopic (exact) mass is 199 g/mol. The SMILES string of the molecule is COCC(C)(N)CCc1ccsc1. The molecule has 1 heterocycles. The molecule has 1 unspecified atom stereocenters. The van der Waals surface area contributed by atoms with Crippen LogP contribution in [0.3, 0.4) is 0 Å². The van der Waals surface area contributed by atoms with Crippen LogP contribution < -0.4 is 5.73 Å². The van der Waals surface area contributed by atoms with E-state index in [4.69, 9.17) is 10.5 Å². The second-order valence-corrected chi connectivity index (χ2v) is 4.50. The average Bonchev–Trinajstić information content (AvgIpc) is 2.52. The lowest BCUT2D eigenvalue weighted by atomic mass is 9.96. The molecule has 0 saturated heterocycles. The van der Waals surface area contributed by atoms with Gasteiger partial charge >= 0.3 is 0 Å². The molecule has 0 spiro atoms. The fraction of sp³-hybridized carbons (Fsp3) is 0.600. The Morgan fingerprint density at radius 2 is 2.38 bits per heavy atom. The maximum Gasteiger partial charge on any atom is 0.0639 e. The summed E-state index contributed by atoms with van der Waals surface area (Å²) in [6.07, 6.45) is 2.01. The van der Waals surface area contributed by atoms with Crippen LogP contribution in [0, 0.1) is 0 Å². The number of rotatable bonds is 5. The molecule has 2 nitrogen and oxygen atoms in total. The second kappa shape index (κ2) is 4.74. The predicted molar refractivity (Wildman–Crippen MR) is 57.1 cm³/mol. The zero-order valence-electron chi connectivity index (χ0n) is 8.25. The third kappa shape index (κ3) is 3.89. The van der Waals surface area contributed by atoms with E-state index in [1.165, 1.54) is 5.56 Å². The molecule has 1 aromatic rings. The van der Waals surface area contributed by atoms with Gasteiger partial charge < -0.3 is 10.5 Å². The Labute approximate surface area is 83.7 Å². The molecule has 0 aliphatic carbocycles. The average molecular weight is 199 g/mol. The van der Waals surface area contributed by atoms with E-state index in [0.717, 1.165) is 12.8 Å². The Morgan fingerprint density at radius 3 is 2.92 bits per heavy atom. The number of methoxy groups -OCH3 is 1. The first-order valence-electron chi connectivity index (χ1n) is 4.43. The van der Waals surface area contributed by atoms with Crippen LogP contribution in [0.25, 0.3) is 0 Å². The predicted octanol–water partition coefficient (Wildman–Crippen LogP) is 2.04. The molecule has 0 saturated carbocycles. The van der Waals surface area contributed by atoms with Gasteiger partial charge in [0.25, 0.3) is 0 Å². The summed E-state index contributed by atoms with van der Waals surface area (Å²) in [5, 5.41) is 4.27. The van der Waals surface area contributed by atoms with Crippen LogP contribution in [-0.2, 0) is 11.2 Å². The third-order valence-corrected chi connectivity index (χ3v) is 2.77. The van der Waals surface area contributed by atoms with Crippen LogP contribution in [0.1, 0.15) is 18.9 Å². The van der Waals surface area contributed by atoms with E-state index < -0.39 is 0 Å². The van der Waals surface area contributed by atoms with Crippen molar-refractivity contribution in [3.05, 3.63) is 22.4 Å². The van der Waals surface area contributed by atoms with Gasteiger partial charge in [-0.1, -0.05) is 0 Å². The maximum absolute atomic E-state index is 6.02. The van der Waals surface area contributed by atoms with Crippen molar-refractivity contribution >= 4 is 11.3 Å². The van der Waals surface area contributed by atoms with Gasteiger partial charge in [-0.3, -0.25) is 0 Å². The van der Waals surface area contributed by atoms with Crippen LogP contribution in [0.15, 0.2) is 16.8 Å². The molecule has 13 heavy (non-hydrogen) atoms. The molecule has 0 aliphatic heterocycles. The minimum atomic E-state index is -0.198. The van der Waals surface area contributed by atoms with Crippen LogP contribution in [0.4, 0.5) is 0 Å². The van der Waals surface area contributed by atoms with E-state index in [0.29, 0.717) is 6.61 Å². The Hall–Kier alpha value is -0.380. The van der Waals surface area contributed by atoms with Crippen molar-refractivity contribution < 1.29 is 4.74 Å². The van der Waals surface area contributed by atoms with Crippen molar-refractivity contribution in [1.29, 1.82) is 0 Å². The normalized spacial score (nSPS) is 15.6. The maximum atomic E-state index is 6.02. The van der Waals surface area contributed by atoms with E-state index in [1.807, 2.05) is 6.92 Å². The van der Waals surface area contributed by atoms with Crippen molar-refractivity contribution in [1.82, 2.24) is 0 Å². The molecule has 74 valence electrons. The minimum absolute atomic E-state index is 0.198. The number of aryl methyl sites for hydroxylation is 1. The molecule has 0 aromatic carbocycles. The largest absolute Gasteiger partial charge is 0.383 e. The van der Waals surface area contributed by atoms with Crippen molar-refractivity contribution in [3.63, 3.8) is 0 Å². The molecule has 0 radical (unpaired) electrons. The van der Waals surface area contributed by atoms with E-state index in [2.05, 4.69) is 16.8 Å². The molecule has 1 aromatic heterocycles. The number of ether oxygens (including phenoxy) is 1. The van der Waals surface area contributed by atoms with Crippen LogP contribution >= 0.6 is 11.3 Å². The standard InChI is InChI=1S/C10H17NOS/c1-10(11,8-12-2)5-3-9-4-6-13-7-9/h4,6-7H,3,5,8,11H2,1-2H3. The summed E-state index contributed by atoms with van der Waals surface area (Å²) >= 11 is 1.73. The molecule has 0 bridgehead atoms. The second-order valence-electron chi connectivity index (χ2n) is 3.72. The fourth-order valence-electron chi connectivity index (χ4n) is 1.27. The van der Waals surface area contributed by atoms with Gasteiger partial charge in [0.05, 0.1) is 6.61 Å². The summed E-state index contributed by atoms with van der Waals surface area (Å²) in [5.41, 5.74) is 7.20. The van der Waals surface area contributed by atoms with Crippen LogP contribution in [-0.4, -0.2) is 19.3 Å². The summed E-state index contributed by atoms with van der Waals surface area (Å²) < 4.78 is 5.05. The van der Waals surface area contributed by atoms with E-state index in [1.54, 1.807) is 18.4 Å². The first kappa shape index (κ1) is 10.7. The lowest BCUT2D eigenvalue weighted by Gasteiger charge is -2.23. The molecular weight excluding hydrogens is 182 g/mol. The molecule has 0 aliphatic rings. The van der Waals surface area contributed by atoms with Gasteiger partial charge in [-0.2, -0.15) is 11.3 Å². The number of hydrogen-bond donors (Lipinski definition) is 1. The molecule has 1 atom stereocenters. The summed E-state index contributed by atoms with van der Waals surface area (Å²) in [5.74, 6) is 0. The van der Waals surface area contributed by atoms with Crippen molar-refractivity contribution in [2.75, 3.05) is 13.7 Å². The molecule has 0 amide bonds. The molecule has 2 N–H and O–H groups in total. The smallest absolute Gasteiger partial charge is 0.0639 e. The molecule has 3 heteroatoms. The van der Waals surface area contributed by atoms with Gasteiger partial charge in [-0.05, 0) is 42.2 Å². The quantitative estimate of drug-likeness (QED) is 0.787. The number of nitrogens with two attached hydrogens (primary N) is 1. The zero-order chi connectivity index (χ0) is 9.73. The highest BCUT2D eigenvalue weighted by Gasteiger charge is 2.17. The van der Waals surface area contributed by atoms with Crippen molar-refractivity contribution in [3.8, 4) is 0 Å².